The van der Waals surface area contributed by atoms with Crippen molar-refractivity contribution in [2.45, 2.75) is 19.8 Å². The number of rotatable bonds is 1. The van der Waals surface area contributed by atoms with Gasteiger partial charge < -0.3 is 0 Å². The van der Waals surface area contributed by atoms with Crippen LogP contribution in [-0.2, 0) is 6.42 Å². The van der Waals surface area contributed by atoms with Crippen molar-refractivity contribution in [3.8, 4) is 0 Å². The minimum Gasteiger partial charge on any atom is -0.256 e. The van der Waals surface area contributed by atoms with Gasteiger partial charge in [-0.25, -0.2) is 0 Å². The van der Waals surface area contributed by atoms with Crippen molar-refractivity contribution in [1.29, 1.82) is 0 Å². The van der Waals surface area contributed by atoms with Gasteiger partial charge >= 0.3 is 0 Å². The topological polar surface area (TPSA) is 12.9 Å². The normalized spacial score (nSPS) is 24.0. The third-order valence-corrected chi connectivity index (χ3v) is 5.05. The quantitative estimate of drug-likeness (QED) is 0.670. The van der Waals surface area contributed by atoms with E-state index in [2.05, 4.69) is 68.3 Å². The molecular weight excluding hydrogens is 338 g/mol. The smallest absolute Gasteiger partial charge is 0.0737 e. The lowest BCUT2D eigenvalue weighted by Crippen LogP contribution is -2.27. The number of hydrogen-bond acceptors (Lipinski definition) is 1. The first-order chi connectivity index (χ1) is 13.6. The molecule has 1 nitrogen and oxygen atoms in total. The second kappa shape index (κ2) is 9.14. The zero-order valence-electron chi connectivity index (χ0n) is 16.6. The van der Waals surface area contributed by atoms with Gasteiger partial charge in [-0.1, -0.05) is 86.0 Å². The van der Waals surface area contributed by atoms with Gasteiger partial charge in [0.1, 0.15) is 0 Å². The Bertz CT molecular complexity index is 1080. The van der Waals surface area contributed by atoms with Crippen LogP contribution in [0.2, 0.25) is 0 Å². The zero-order chi connectivity index (χ0) is 19.9. The third-order valence-electron chi connectivity index (χ3n) is 5.05. The van der Waals surface area contributed by atoms with Crippen LogP contribution in [0.5, 0.6) is 0 Å². The summed E-state index contributed by atoms with van der Waals surface area (Å²) < 4.78 is 0. The summed E-state index contributed by atoms with van der Waals surface area (Å²) in [4.78, 5) is 4.80. The molecule has 140 valence electrons. The zero-order valence-corrected chi connectivity index (χ0v) is 16.6. The maximum Gasteiger partial charge on any atom is 0.0737 e. The summed E-state index contributed by atoms with van der Waals surface area (Å²) in [5.74, 6) is 0.240. The largest absolute Gasteiger partial charge is 0.256 e. The molecule has 0 fully saturated rings. The standard InChI is InChI=1S/C27H27N/c1-5-6-13-23-14-9-7-8-11-21(3)18-26-25(23)19-24-15-10-12-20(2)16-17-28-27(26)22(24)4/h5-13,15-18,25H,2-4,14,19H2,1H3/b6-5-,9-7-,11-8-,12-10?,17-16?,23-13-,24-15?,26-18+,28-27?. The van der Waals surface area contributed by atoms with Crippen LogP contribution in [0.15, 0.2) is 96.8 Å². The molecule has 3 rings (SSSR count). The average Bonchev–Trinajstić information content (AvgIpc) is 2.67. The Morgan fingerprint density at radius 1 is 1.11 bits per heavy atom. The summed E-state index contributed by atoms with van der Waals surface area (Å²) in [7, 11) is 0. The van der Waals surface area contributed by atoms with Crippen LogP contribution in [0.4, 0.5) is 0 Å². The Balaban J connectivity index is 2.33. The highest BCUT2D eigenvalue weighted by molar-refractivity contribution is 5.73. The summed E-state index contributed by atoms with van der Waals surface area (Å²) in [5, 5.41) is 1.91. The van der Waals surface area contributed by atoms with Crippen LogP contribution in [0.25, 0.3) is 18.7 Å². The van der Waals surface area contributed by atoms with Crippen molar-refractivity contribution in [3.05, 3.63) is 118 Å². The molecule has 1 aromatic rings. The van der Waals surface area contributed by atoms with Crippen LogP contribution >= 0.6 is 0 Å². The Labute approximate surface area is 168 Å². The molecule has 0 spiro atoms. The fraction of sp³-hybridized carbons (Fsp3) is 0.148. The lowest BCUT2D eigenvalue weighted by atomic mass is 9.77. The molecule has 1 heteroatoms. The van der Waals surface area contributed by atoms with Crippen molar-refractivity contribution < 1.29 is 0 Å². The van der Waals surface area contributed by atoms with Gasteiger partial charge in [-0.05, 0) is 59.1 Å². The Kier molecular flexibility index (Phi) is 6.39. The highest BCUT2D eigenvalue weighted by Gasteiger charge is 2.26. The van der Waals surface area contributed by atoms with E-state index < -0.39 is 0 Å². The molecule has 0 saturated carbocycles. The Hall–Kier alpha value is -3.19. The van der Waals surface area contributed by atoms with Crippen molar-refractivity contribution >= 4 is 18.7 Å². The minimum absolute atomic E-state index is 0.240. The monoisotopic (exact) mass is 365 g/mol. The van der Waals surface area contributed by atoms with E-state index in [9.17, 15) is 0 Å². The van der Waals surface area contributed by atoms with E-state index in [0.29, 0.717) is 0 Å². The fourth-order valence-electron chi connectivity index (χ4n) is 3.57. The molecule has 0 amide bonds. The Morgan fingerprint density at radius 3 is 2.79 bits per heavy atom. The summed E-state index contributed by atoms with van der Waals surface area (Å²) in [6.45, 7) is 14.7. The van der Waals surface area contributed by atoms with E-state index in [1.165, 1.54) is 16.7 Å². The molecule has 28 heavy (non-hydrogen) atoms. The molecule has 1 unspecified atom stereocenters. The highest BCUT2D eigenvalue weighted by Crippen LogP contribution is 2.35. The molecule has 0 aliphatic heterocycles. The van der Waals surface area contributed by atoms with Gasteiger partial charge in [-0.15, -0.1) is 0 Å². The first-order valence-corrected chi connectivity index (χ1v) is 9.66. The minimum atomic E-state index is 0.240. The van der Waals surface area contributed by atoms with Crippen molar-refractivity contribution in [3.63, 3.8) is 0 Å². The molecule has 0 saturated heterocycles. The molecule has 1 aromatic heterocycles. The third kappa shape index (κ3) is 4.55. The molecule has 2 aliphatic carbocycles. The lowest BCUT2D eigenvalue weighted by Gasteiger charge is -2.28. The van der Waals surface area contributed by atoms with Gasteiger partial charge in [0.05, 0.1) is 5.69 Å². The molecule has 1 heterocycles. The van der Waals surface area contributed by atoms with Crippen LogP contribution in [0, 0.1) is 5.92 Å². The molecule has 2 aliphatic rings. The predicted molar refractivity (Wildman–Crippen MR) is 122 cm³/mol. The van der Waals surface area contributed by atoms with Crippen LogP contribution in [0.1, 0.15) is 24.6 Å². The number of allylic oxidation sites excluding steroid dienone is 11. The summed E-state index contributed by atoms with van der Waals surface area (Å²) >= 11 is 0. The van der Waals surface area contributed by atoms with Gasteiger partial charge in [0.25, 0.3) is 0 Å². The predicted octanol–water partition coefficient (Wildman–Crippen LogP) is 5.16. The van der Waals surface area contributed by atoms with Crippen LogP contribution in [-0.4, -0.2) is 4.98 Å². The first-order valence-electron chi connectivity index (χ1n) is 9.66. The first kappa shape index (κ1) is 19.6. The molecule has 2 bridgehead atoms. The van der Waals surface area contributed by atoms with Gasteiger partial charge in [0.2, 0.25) is 0 Å². The van der Waals surface area contributed by atoms with Gasteiger partial charge in [0.15, 0.2) is 0 Å². The van der Waals surface area contributed by atoms with E-state index in [-0.39, 0.29) is 5.92 Å². The molecule has 0 aromatic carbocycles. The maximum atomic E-state index is 4.80. The number of hydrogen-bond donors (Lipinski definition) is 0. The number of fused-ring (bicyclic) bond motifs is 4. The van der Waals surface area contributed by atoms with E-state index in [1.54, 1.807) is 0 Å². The maximum absolute atomic E-state index is 4.80. The lowest BCUT2D eigenvalue weighted by molar-refractivity contribution is 0.729. The molecule has 1 atom stereocenters. The highest BCUT2D eigenvalue weighted by atomic mass is 14.7. The second-order valence-corrected chi connectivity index (χ2v) is 7.09. The van der Waals surface area contributed by atoms with Crippen LogP contribution < -0.4 is 10.4 Å². The van der Waals surface area contributed by atoms with Gasteiger partial charge in [-0.3, -0.25) is 4.98 Å². The number of nitrogens with zero attached hydrogens (tertiary/aromatic N) is 1. The van der Waals surface area contributed by atoms with E-state index in [1.807, 2.05) is 37.4 Å². The second-order valence-electron chi connectivity index (χ2n) is 7.09. The SMILES string of the molecule is C=C1/C=C\C=C/C/C(=C/C=C\C)C2Cc3cccc(=C)ccnc(c3=C)/C2=C/1. The average molecular weight is 366 g/mol. The van der Waals surface area contributed by atoms with Crippen molar-refractivity contribution in [2.24, 2.45) is 5.92 Å². The molecule has 0 N–H and O–H groups in total. The van der Waals surface area contributed by atoms with E-state index in [0.717, 1.165) is 34.5 Å². The summed E-state index contributed by atoms with van der Waals surface area (Å²) in [6, 6.07) is 8.13. The van der Waals surface area contributed by atoms with Gasteiger partial charge in [0, 0.05) is 12.1 Å². The van der Waals surface area contributed by atoms with Crippen molar-refractivity contribution in [1.82, 2.24) is 4.98 Å². The van der Waals surface area contributed by atoms with E-state index in [4.69, 9.17) is 4.98 Å². The number of aromatic nitrogens is 1. The van der Waals surface area contributed by atoms with Crippen molar-refractivity contribution in [2.75, 3.05) is 0 Å². The summed E-state index contributed by atoms with van der Waals surface area (Å²) in [5.41, 5.74) is 5.67. The summed E-state index contributed by atoms with van der Waals surface area (Å²) in [6.07, 6.45) is 20.6. The van der Waals surface area contributed by atoms with Crippen LogP contribution in [0.3, 0.4) is 0 Å². The molecule has 0 radical (unpaired) electrons. The molecular formula is C27H27N. The van der Waals surface area contributed by atoms with E-state index >= 15 is 0 Å². The fourth-order valence-corrected chi connectivity index (χ4v) is 3.57. The van der Waals surface area contributed by atoms with Gasteiger partial charge in [-0.2, -0.15) is 0 Å². The Morgan fingerprint density at radius 2 is 1.96 bits per heavy atom.